The summed E-state index contributed by atoms with van der Waals surface area (Å²) in [5.41, 5.74) is 2.83. The molecule has 3 aromatic rings. The molecule has 0 aliphatic heterocycles. The molecule has 0 amide bonds. The van der Waals surface area contributed by atoms with Crippen LogP contribution in [0.3, 0.4) is 0 Å². The average molecular weight is 390 g/mol. The molecule has 0 saturated heterocycles. The first-order valence-electron chi connectivity index (χ1n) is 11.5. The van der Waals surface area contributed by atoms with Crippen molar-refractivity contribution >= 4 is 0 Å². The Morgan fingerprint density at radius 2 is 1.45 bits per heavy atom. The van der Waals surface area contributed by atoms with Gasteiger partial charge in [-0.1, -0.05) is 99.7 Å². The second-order valence-corrected chi connectivity index (χ2v) is 8.27. The van der Waals surface area contributed by atoms with Crippen LogP contribution in [-0.2, 0) is 19.5 Å². The molecule has 0 N–H and O–H groups in total. The Morgan fingerprint density at radius 3 is 2.17 bits per heavy atom. The van der Waals surface area contributed by atoms with Crippen molar-refractivity contribution in [1.82, 2.24) is 4.57 Å². The van der Waals surface area contributed by atoms with Crippen molar-refractivity contribution in [1.29, 1.82) is 0 Å². The Bertz CT molecular complexity index is 792. The quantitative estimate of drug-likeness (QED) is 0.231. The molecule has 2 aromatic carbocycles. The number of hydrogen-bond acceptors (Lipinski definition) is 0. The monoisotopic (exact) mass is 389 g/mol. The number of aryl methyl sites for hydroxylation is 1. The first kappa shape index (κ1) is 21.4. The normalized spacial score (nSPS) is 12.2. The third kappa shape index (κ3) is 7.53. The molecule has 1 atom stereocenters. The van der Waals surface area contributed by atoms with Crippen LogP contribution < -0.4 is 4.57 Å². The van der Waals surface area contributed by atoms with E-state index in [9.17, 15) is 0 Å². The van der Waals surface area contributed by atoms with E-state index in [4.69, 9.17) is 0 Å². The number of unbranched alkanes of at least 4 members (excludes halogenated alkanes) is 6. The maximum Gasteiger partial charge on any atom is 0.243 e. The minimum Gasteiger partial charge on any atom is -0.237 e. The number of rotatable bonds is 13. The first-order chi connectivity index (χ1) is 14.3. The van der Waals surface area contributed by atoms with Gasteiger partial charge in [0.05, 0.1) is 13.1 Å². The molecule has 3 rings (SSSR count). The molecule has 1 aromatic heterocycles. The van der Waals surface area contributed by atoms with Gasteiger partial charge in [-0.25, -0.2) is 9.13 Å². The summed E-state index contributed by atoms with van der Waals surface area (Å²) in [5.74, 6) is 0.484. The SMILES string of the molecule is CCCCCCCCCn1cc[n+](CC(Cc2ccccc2)c2ccccc2)c1. The number of imidazole rings is 1. The molecule has 2 nitrogen and oxygen atoms in total. The number of hydrogen-bond donors (Lipinski definition) is 0. The lowest BCUT2D eigenvalue weighted by atomic mass is 9.92. The van der Waals surface area contributed by atoms with Gasteiger partial charge in [0.25, 0.3) is 0 Å². The number of benzene rings is 2. The largest absolute Gasteiger partial charge is 0.243 e. The molecule has 2 heteroatoms. The second kappa shape index (κ2) is 12.3. The van der Waals surface area contributed by atoms with Crippen LogP contribution in [0.1, 0.15) is 68.9 Å². The van der Waals surface area contributed by atoms with Gasteiger partial charge in [0.2, 0.25) is 6.33 Å². The van der Waals surface area contributed by atoms with Crippen LogP contribution in [0.25, 0.3) is 0 Å². The second-order valence-electron chi connectivity index (χ2n) is 8.27. The predicted octanol–water partition coefficient (Wildman–Crippen LogP) is 6.55. The lowest BCUT2D eigenvalue weighted by Gasteiger charge is -2.15. The third-order valence-electron chi connectivity index (χ3n) is 5.79. The Kier molecular flexibility index (Phi) is 9.03. The predicted molar refractivity (Wildman–Crippen MR) is 122 cm³/mol. The third-order valence-corrected chi connectivity index (χ3v) is 5.79. The zero-order chi connectivity index (χ0) is 20.2. The zero-order valence-electron chi connectivity index (χ0n) is 18.0. The van der Waals surface area contributed by atoms with Crippen LogP contribution in [0.4, 0.5) is 0 Å². The first-order valence-corrected chi connectivity index (χ1v) is 11.5. The fraction of sp³-hybridized carbons (Fsp3) is 0.444. The molecule has 0 spiro atoms. The van der Waals surface area contributed by atoms with Crippen molar-refractivity contribution in [2.75, 3.05) is 0 Å². The van der Waals surface area contributed by atoms with Gasteiger partial charge < -0.3 is 0 Å². The van der Waals surface area contributed by atoms with Gasteiger partial charge in [0.15, 0.2) is 0 Å². The highest BCUT2D eigenvalue weighted by Crippen LogP contribution is 2.21. The highest BCUT2D eigenvalue weighted by Gasteiger charge is 2.16. The van der Waals surface area contributed by atoms with Crippen LogP contribution >= 0.6 is 0 Å². The Hall–Kier alpha value is -2.35. The van der Waals surface area contributed by atoms with E-state index in [2.05, 4.69) is 95.4 Å². The van der Waals surface area contributed by atoms with Gasteiger partial charge in [0.1, 0.15) is 12.4 Å². The van der Waals surface area contributed by atoms with Crippen molar-refractivity contribution in [2.24, 2.45) is 0 Å². The van der Waals surface area contributed by atoms with Crippen LogP contribution in [0.5, 0.6) is 0 Å². The topological polar surface area (TPSA) is 8.81 Å². The standard InChI is InChI=1S/C27H37N2/c1-2-3-4-5-6-7-14-19-28-20-21-29(24-28)23-27(26-17-12-9-13-18-26)22-25-15-10-8-11-16-25/h8-13,15-18,20-21,24,27H,2-7,14,19,22-23H2,1H3/q+1. The van der Waals surface area contributed by atoms with E-state index in [0.29, 0.717) is 5.92 Å². The molecular formula is C27H37N2+. The fourth-order valence-electron chi connectivity index (χ4n) is 4.10. The summed E-state index contributed by atoms with van der Waals surface area (Å²) in [6.07, 6.45) is 17.4. The van der Waals surface area contributed by atoms with Crippen molar-refractivity contribution in [2.45, 2.75) is 77.3 Å². The highest BCUT2D eigenvalue weighted by atomic mass is 15.1. The molecule has 0 aliphatic rings. The van der Waals surface area contributed by atoms with Crippen LogP contribution in [0.2, 0.25) is 0 Å². The lowest BCUT2D eigenvalue weighted by molar-refractivity contribution is -0.699. The van der Waals surface area contributed by atoms with E-state index in [1.54, 1.807) is 0 Å². The molecule has 1 heterocycles. The summed E-state index contributed by atoms with van der Waals surface area (Å²) in [6, 6.07) is 21.8. The average Bonchev–Trinajstić information content (AvgIpc) is 3.21. The van der Waals surface area contributed by atoms with Gasteiger partial charge in [-0.3, -0.25) is 0 Å². The van der Waals surface area contributed by atoms with E-state index in [1.807, 2.05) is 0 Å². The number of aromatic nitrogens is 2. The van der Waals surface area contributed by atoms with Crippen LogP contribution in [0, 0.1) is 0 Å². The Morgan fingerprint density at radius 1 is 0.793 bits per heavy atom. The summed E-state index contributed by atoms with van der Waals surface area (Å²) >= 11 is 0. The van der Waals surface area contributed by atoms with Gasteiger partial charge in [-0.15, -0.1) is 0 Å². The van der Waals surface area contributed by atoms with Gasteiger partial charge >= 0.3 is 0 Å². The summed E-state index contributed by atoms with van der Waals surface area (Å²) in [6.45, 7) is 4.43. The van der Waals surface area contributed by atoms with Gasteiger partial charge in [-0.2, -0.15) is 0 Å². The van der Waals surface area contributed by atoms with Crippen molar-refractivity contribution in [3.8, 4) is 0 Å². The van der Waals surface area contributed by atoms with E-state index in [-0.39, 0.29) is 0 Å². The zero-order valence-corrected chi connectivity index (χ0v) is 18.0. The molecular weight excluding hydrogens is 352 g/mol. The van der Waals surface area contributed by atoms with Crippen molar-refractivity contribution < 1.29 is 4.57 Å². The minimum absolute atomic E-state index is 0.484. The molecule has 0 bridgehead atoms. The van der Waals surface area contributed by atoms with Gasteiger partial charge in [-0.05, 0) is 30.4 Å². The van der Waals surface area contributed by atoms with E-state index < -0.39 is 0 Å². The summed E-state index contributed by atoms with van der Waals surface area (Å²) in [5, 5.41) is 0. The summed E-state index contributed by atoms with van der Waals surface area (Å²) in [4.78, 5) is 0. The summed E-state index contributed by atoms with van der Waals surface area (Å²) < 4.78 is 4.72. The number of nitrogens with zero attached hydrogens (tertiary/aromatic N) is 2. The Balaban J connectivity index is 1.53. The van der Waals surface area contributed by atoms with Crippen LogP contribution in [-0.4, -0.2) is 4.57 Å². The van der Waals surface area contributed by atoms with Gasteiger partial charge in [0, 0.05) is 5.92 Å². The smallest absolute Gasteiger partial charge is 0.237 e. The highest BCUT2D eigenvalue weighted by molar-refractivity contribution is 5.23. The Labute approximate surface area is 177 Å². The van der Waals surface area contributed by atoms with E-state index >= 15 is 0 Å². The maximum absolute atomic E-state index is 2.36. The molecule has 154 valence electrons. The summed E-state index contributed by atoms with van der Waals surface area (Å²) in [7, 11) is 0. The van der Waals surface area contributed by atoms with E-state index in [0.717, 1.165) is 19.5 Å². The molecule has 29 heavy (non-hydrogen) atoms. The molecule has 1 unspecified atom stereocenters. The van der Waals surface area contributed by atoms with Crippen molar-refractivity contribution in [3.63, 3.8) is 0 Å². The van der Waals surface area contributed by atoms with Crippen LogP contribution in [0.15, 0.2) is 79.4 Å². The van der Waals surface area contributed by atoms with Crippen molar-refractivity contribution in [3.05, 3.63) is 90.5 Å². The maximum atomic E-state index is 2.36. The van der Waals surface area contributed by atoms with E-state index in [1.165, 1.54) is 56.1 Å². The molecule has 0 fully saturated rings. The lowest BCUT2D eigenvalue weighted by Crippen LogP contribution is -2.35. The molecule has 0 radical (unpaired) electrons. The molecule has 0 aliphatic carbocycles. The fourth-order valence-corrected chi connectivity index (χ4v) is 4.10. The minimum atomic E-state index is 0.484. The molecule has 0 saturated carbocycles.